The van der Waals surface area contributed by atoms with Gasteiger partial charge in [-0.25, -0.2) is 4.39 Å². The number of aromatic nitrogens is 1. The van der Waals surface area contributed by atoms with Gasteiger partial charge in [-0.3, -0.25) is 9.78 Å². The number of nitrogens with zero attached hydrogens (tertiary/aromatic N) is 2. The third-order valence-corrected chi connectivity index (χ3v) is 4.42. The molecule has 2 heterocycles. The van der Waals surface area contributed by atoms with Crippen molar-refractivity contribution in [3.8, 4) is 11.1 Å². The van der Waals surface area contributed by atoms with Gasteiger partial charge in [0.25, 0.3) is 0 Å². The van der Waals surface area contributed by atoms with Gasteiger partial charge in [0.15, 0.2) is 6.10 Å². The largest absolute Gasteiger partial charge is 0.399 e. The molecule has 2 N–H and O–H groups in total. The number of rotatable bonds is 4. The summed E-state index contributed by atoms with van der Waals surface area (Å²) in [5, 5.41) is 4.16. The second kappa shape index (κ2) is 6.99. The molecule has 5 nitrogen and oxygen atoms in total. The zero-order valence-electron chi connectivity index (χ0n) is 14.3. The van der Waals surface area contributed by atoms with E-state index in [1.165, 1.54) is 6.07 Å². The number of nitrogen functional groups attached to an aromatic ring is 1. The molecule has 0 saturated carbocycles. The predicted molar refractivity (Wildman–Crippen MR) is 101 cm³/mol. The molecule has 0 radical (unpaired) electrons. The minimum Gasteiger partial charge on any atom is -0.399 e. The standard InChI is InChI=1S/C21H16FN3O2/c22-18-10-16(23)4-5-17(18)14-7-13(12-26)8-15(9-14)20-11-21(27-25-20)19-3-1-2-6-24-19/h1-10,12,21H,11,23H2. The Balaban J connectivity index is 1.69. The zero-order chi connectivity index (χ0) is 18.8. The smallest absolute Gasteiger partial charge is 0.174 e. The van der Waals surface area contributed by atoms with Crippen LogP contribution in [0.4, 0.5) is 10.1 Å². The number of carbonyl (C=O) groups excluding carboxylic acids is 1. The molecule has 3 aromatic rings. The van der Waals surface area contributed by atoms with Crippen molar-refractivity contribution in [2.45, 2.75) is 12.5 Å². The second-order valence-corrected chi connectivity index (χ2v) is 6.29. The summed E-state index contributed by atoms with van der Waals surface area (Å²) in [6.45, 7) is 0. The first-order valence-corrected chi connectivity index (χ1v) is 8.43. The summed E-state index contributed by atoms with van der Waals surface area (Å²) < 4.78 is 14.3. The van der Waals surface area contributed by atoms with Gasteiger partial charge in [0, 0.05) is 35.0 Å². The van der Waals surface area contributed by atoms with Crippen LogP contribution >= 0.6 is 0 Å². The van der Waals surface area contributed by atoms with Crippen LogP contribution in [0.15, 0.2) is 65.9 Å². The molecule has 4 rings (SSSR count). The Labute approximate surface area is 155 Å². The van der Waals surface area contributed by atoms with Crippen LogP contribution in [0.2, 0.25) is 0 Å². The third-order valence-electron chi connectivity index (χ3n) is 4.42. The Kier molecular flexibility index (Phi) is 4.38. The van der Waals surface area contributed by atoms with Gasteiger partial charge in [-0.05, 0) is 54.1 Å². The summed E-state index contributed by atoms with van der Waals surface area (Å²) in [6, 6.07) is 15.2. The van der Waals surface area contributed by atoms with Crippen LogP contribution in [0, 0.1) is 5.82 Å². The van der Waals surface area contributed by atoms with E-state index in [4.69, 9.17) is 10.6 Å². The number of anilines is 1. The lowest BCUT2D eigenvalue weighted by molar-refractivity contribution is 0.0826. The Hall–Kier alpha value is -3.54. The van der Waals surface area contributed by atoms with Crippen molar-refractivity contribution >= 4 is 17.7 Å². The Morgan fingerprint density at radius 1 is 1.11 bits per heavy atom. The highest BCUT2D eigenvalue weighted by molar-refractivity contribution is 6.03. The van der Waals surface area contributed by atoms with Crippen molar-refractivity contribution in [2.75, 3.05) is 5.73 Å². The quantitative estimate of drug-likeness (QED) is 0.559. The topological polar surface area (TPSA) is 77.6 Å². The summed E-state index contributed by atoms with van der Waals surface area (Å²) in [5.74, 6) is -0.444. The molecular formula is C21H16FN3O2. The van der Waals surface area contributed by atoms with Gasteiger partial charge in [0.2, 0.25) is 0 Å². The normalized spacial score (nSPS) is 15.9. The molecule has 6 heteroatoms. The van der Waals surface area contributed by atoms with Crippen LogP contribution in [-0.4, -0.2) is 17.0 Å². The average molecular weight is 361 g/mol. The lowest BCUT2D eigenvalue weighted by Gasteiger charge is -2.09. The van der Waals surface area contributed by atoms with E-state index >= 15 is 0 Å². The number of carbonyl (C=O) groups is 1. The summed E-state index contributed by atoms with van der Waals surface area (Å²) in [6.07, 6.45) is 2.67. The van der Waals surface area contributed by atoms with Gasteiger partial charge < -0.3 is 10.6 Å². The maximum absolute atomic E-state index is 14.3. The van der Waals surface area contributed by atoms with Crippen LogP contribution in [0.3, 0.4) is 0 Å². The van der Waals surface area contributed by atoms with Crippen LogP contribution in [0.25, 0.3) is 11.1 Å². The summed E-state index contributed by atoms with van der Waals surface area (Å²) in [7, 11) is 0. The van der Waals surface area contributed by atoms with Crippen LogP contribution in [-0.2, 0) is 4.84 Å². The monoisotopic (exact) mass is 361 g/mol. The van der Waals surface area contributed by atoms with E-state index in [1.807, 2.05) is 18.2 Å². The first-order chi connectivity index (χ1) is 13.1. The van der Waals surface area contributed by atoms with Gasteiger partial charge in [-0.15, -0.1) is 0 Å². The number of aldehydes is 1. The van der Waals surface area contributed by atoms with Crippen molar-refractivity contribution < 1.29 is 14.0 Å². The number of oxime groups is 1. The van der Waals surface area contributed by atoms with Crippen molar-refractivity contribution in [2.24, 2.45) is 5.16 Å². The number of hydrogen-bond acceptors (Lipinski definition) is 5. The predicted octanol–water partition coefficient (Wildman–Crippen LogP) is 4.15. The number of benzene rings is 2. The Morgan fingerprint density at radius 3 is 2.70 bits per heavy atom. The van der Waals surface area contributed by atoms with Gasteiger partial charge in [0.1, 0.15) is 12.1 Å². The molecule has 1 atom stereocenters. The highest BCUT2D eigenvalue weighted by Gasteiger charge is 2.25. The van der Waals surface area contributed by atoms with E-state index in [-0.39, 0.29) is 6.10 Å². The van der Waals surface area contributed by atoms with Crippen LogP contribution in [0.5, 0.6) is 0 Å². The number of halogens is 1. The molecule has 1 aliphatic rings. The highest BCUT2D eigenvalue weighted by Crippen LogP contribution is 2.31. The van der Waals surface area contributed by atoms with Gasteiger partial charge in [-0.1, -0.05) is 11.2 Å². The van der Waals surface area contributed by atoms with E-state index in [2.05, 4.69) is 10.1 Å². The maximum atomic E-state index is 14.3. The van der Waals surface area contributed by atoms with Crippen molar-refractivity contribution in [1.82, 2.24) is 4.98 Å². The van der Waals surface area contributed by atoms with Crippen molar-refractivity contribution in [1.29, 1.82) is 0 Å². The molecular weight excluding hydrogens is 345 g/mol. The molecule has 1 aliphatic heterocycles. The molecule has 134 valence electrons. The maximum Gasteiger partial charge on any atom is 0.174 e. The summed E-state index contributed by atoms with van der Waals surface area (Å²) in [5.41, 5.74) is 9.53. The Morgan fingerprint density at radius 2 is 1.96 bits per heavy atom. The first-order valence-electron chi connectivity index (χ1n) is 8.43. The van der Waals surface area contributed by atoms with E-state index in [0.717, 1.165) is 12.0 Å². The van der Waals surface area contributed by atoms with Gasteiger partial charge >= 0.3 is 0 Å². The average Bonchev–Trinajstić information content (AvgIpc) is 3.18. The molecule has 0 saturated heterocycles. The fourth-order valence-electron chi connectivity index (χ4n) is 3.08. The molecule has 2 aromatic carbocycles. The number of pyridine rings is 1. The lowest BCUT2D eigenvalue weighted by Crippen LogP contribution is -2.04. The van der Waals surface area contributed by atoms with Crippen LogP contribution < -0.4 is 5.73 Å². The molecule has 0 fully saturated rings. The molecule has 0 spiro atoms. The molecule has 1 unspecified atom stereocenters. The minimum absolute atomic E-state index is 0.280. The van der Waals surface area contributed by atoms with E-state index < -0.39 is 5.82 Å². The van der Waals surface area contributed by atoms with Gasteiger partial charge in [0.05, 0.1) is 11.4 Å². The van der Waals surface area contributed by atoms with E-state index in [0.29, 0.717) is 40.1 Å². The van der Waals surface area contributed by atoms with E-state index in [9.17, 15) is 9.18 Å². The third kappa shape index (κ3) is 3.42. The fourth-order valence-corrected chi connectivity index (χ4v) is 3.08. The minimum atomic E-state index is -0.444. The van der Waals surface area contributed by atoms with Crippen molar-refractivity contribution in [3.05, 3.63) is 83.4 Å². The lowest BCUT2D eigenvalue weighted by atomic mass is 9.95. The molecule has 0 bridgehead atoms. The first kappa shape index (κ1) is 16.9. The number of nitrogens with two attached hydrogens (primary N) is 1. The summed E-state index contributed by atoms with van der Waals surface area (Å²) in [4.78, 5) is 21.2. The molecule has 27 heavy (non-hydrogen) atoms. The fraction of sp³-hybridized carbons (Fsp3) is 0.0952. The van der Waals surface area contributed by atoms with Gasteiger partial charge in [-0.2, -0.15) is 0 Å². The van der Waals surface area contributed by atoms with E-state index in [1.54, 1.807) is 36.5 Å². The highest BCUT2D eigenvalue weighted by atomic mass is 19.1. The van der Waals surface area contributed by atoms with Crippen LogP contribution in [0.1, 0.15) is 34.1 Å². The zero-order valence-corrected chi connectivity index (χ0v) is 14.3. The molecule has 0 amide bonds. The Bertz CT molecular complexity index is 1030. The second-order valence-electron chi connectivity index (χ2n) is 6.29. The number of hydrogen-bond donors (Lipinski definition) is 1. The molecule has 1 aromatic heterocycles. The molecule has 0 aliphatic carbocycles. The van der Waals surface area contributed by atoms with Crippen molar-refractivity contribution in [3.63, 3.8) is 0 Å². The summed E-state index contributed by atoms with van der Waals surface area (Å²) >= 11 is 0. The SMILES string of the molecule is Nc1ccc(-c2cc(C=O)cc(C3=NOC(c4ccccn4)C3)c2)c(F)c1.